The van der Waals surface area contributed by atoms with E-state index >= 15 is 0 Å². The van der Waals surface area contributed by atoms with Crippen LogP contribution in [0.15, 0.2) is 0 Å². The van der Waals surface area contributed by atoms with Crippen LogP contribution in [-0.2, 0) is 4.79 Å². The van der Waals surface area contributed by atoms with Gasteiger partial charge in [0.2, 0.25) is 0 Å². The Morgan fingerprint density at radius 3 is 1.24 bits per heavy atom. The Bertz CT molecular complexity index is 292. The lowest BCUT2D eigenvalue weighted by Gasteiger charge is -2.24. The van der Waals surface area contributed by atoms with Gasteiger partial charge in [-0.05, 0) is 13.3 Å². The number of unbranched alkanes of at least 4 members (excludes halogenated alkanes) is 14. The van der Waals surface area contributed by atoms with Crippen molar-refractivity contribution in [2.45, 2.75) is 117 Å². The van der Waals surface area contributed by atoms with E-state index in [2.05, 4.69) is 13.8 Å². The second-order valence-corrected chi connectivity index (χ2v) is 8.09. The molecule has 2 nitrogen and oxygen atoms in total. The molecule has 0 heterocycles. The second-order valence-electron chi connectivity index (χ2n) is 8.09. The van der Waals surface area contributed by atoms with Crippen molar-refractivity contribution in [3.05, 3.63) is 0 Å². The van der Waals surface area contributed by atoms with Crippen molar-refractivity contribution < 1.29 is 21.7 Å². The van der Waals surface area contributed by atoms with Gasteiger partial charge in [-0.25, -0.2) is 4.79 Å². The van der Waals surface area contributed by atoms with E-state index in [1.54, 1.807) is 0 Å². The third-order valence-electron chi connectivity index (χ3n) is 5.46. The topological polar surface area (TPSA) is 17.1 Å². The first-order valence-electron chi connectivity index (χ1n) is 10.9. The van der Waals surface area contributed by atoms with Crippen LogP contribution in [0, 0.1) is 0 Å². The maximum atomic E-state index is 12.0. The molecule has 25 heavy (non-hydrogen) atoms. The molecule has 0 aliphatic carbocycles. The van der Waals surface area contributed by atoms with Crippen molar-refractivity contribution in [3.8, 4) is 0 Å². The molecule has 0 bridgehead atoms. The Labute approximate surface area is 165 Å². The van der Waals surface area contributed by atoms with Crippen molar-refractivity contribution in [2.75, 3.05) is 20.6 Å². The van der Waals surface area contributed by atoms with Crippen LogP contribution in [0.2, 0.25) is 0 Å². The third kappa shape index (κ3) is 17.1. The van der Waals surface area contributed by atoms with Gasteiger partial charge in [0, 0.05) is 0 Å². The quantitative estimate of drug-likeness (QED) is 0.278. The molecule has 0 spiro atoms. The molecule has 0 radical (unpaired) electrons. The lowest BCUT2D eigenvalue weighted by molar-refractivity contribution is -0.812. The summed E-state index contributed by atoms with van der Waals surface area (Å²) in [5.41, 5.74) is 0. The molecule has 0 atom stereocenters. The first-order chi connectivity index (χ1) is 11.5. The summed E-state index contributed by atoms with van der Waals surface area (Å²) >= 11 is 0. The predicted molar refractivity (Wildman–Crippen MR) is 107 cm³/mol. The lowest BCUT2D eigenvalue weighted by Crippen LogP contribution is -3.00. The summed E-state index contributed by atoms with van der Waals surface area (Å²) < 4.78 is 0.540. The van der Waals surface area contributed by atoms with Crippen LogP contribution >= 0.6 is 0 Å². The Kier molecular flexibility index (Phi) is 20.3. The molecular formula is C22H46ClNO. The Morgan fingerprint density at radius 2 is 0.920 bits per heavy atom. The number of hydrogen-bond donors (Lipinski definition) is 0. The fourth-order valence-corrected chi connectivity index (χ4v) is 3.13. The number of carbonyl (C=O) groups excluding carboxylic acids is 1. The number of amides is 1. The third-order valence-corrected chi connectivity index (χ3v) is 5.46. The van der Waals surface area contributed by atoms with E-state index in [1.807, 2.05) is 14.1 Å². The van der Waals surface area contributed by atoms with E-state index in [-0.39, 0.29) is 12.4 Å². The second kappa shape index (κ2) is 18.7. The van der Waals surface area contributed by atoms with E-state index < -0.39 is 0 Å². The SMILES string of the molecule is CCCCCCCCCCCCCCCCCC(=O)[N+](C)(C)CC.[Cl-]. The number of rotatable bonds is 17. The van der Waals surface area contributed by atoms with Crippen LogP contribution < -0.4 is 12.4 Å². The van der Waals surface area contributed by atoms with E-state index in [9.17, 15) is 4.79 Å². The number of hydrogen-bond acceptors (Lipinski definition) is 1. The largest absolute Gasteiger partial charge is 1.00 e. The van der Waals surface area contributed by atoms with Gasteiger partial charge in [-0.2, -0.15) is 0 Å². The highest BCUT2D eigenvalue weighted by Gasteiger charge is 2.22. The smallest absolute Gasteiger partial charge is 0.313 e. The minimum absolute atomic E-state index is 0. The molecule has 3 heteroatoms. The molecule has 0 aromatic carbocycles. The average Bonchev–Trinajstić information content (AvgIpc) is 2.58. The Morgan fingerprint density at radius 1 is 0.600 bits per heavy atom. The number of nitrogens with zero attached hydrogens (tertiary/aromatic N) is 1. The summed E-state index contributed by atoms with van der Waals surface area (Å²) in [5, 5.41) is 0. The van der Waals surface area contributed by atoms with Crippen molar-refractivity contribution in [2.24, 2.45) is 0 Å². The van der Waals surface area contributed by atoms with Crippen molar-refractivity contribution in [3.63, 3.8) is 0 Å². The van der Waals surface area contributed by atoms with Gasteiger partial charge in [-0.15, -0.1) is 0 Å². The highest BCUT2D eigenvalue weighted by Crippen LogP contribution is 2.14. The lowest BCUT2D eigenvalue weighted by atomic mass is 10.0. The monoisotopic (exact) mass is 375 g/mol. The Balaban J connectivity index is 0. The molecule has 0 aromatic rings. The van der Waals surface area contributed by atoms with Crippen LogP contribution in [0.3, 0.4) is 0 Å². The van der Waals surface area contributed by atoms with Crippen LogP contribution in [-0.4, -0.2) is 31.0 Å². The summed E-state index contributed by atoms with van der Waals surface area (Å²) in [4.78, 5) is 12.0. The van der Waals surface area contributed by atoms with Crippen LogP contribution in [0.4, 0.5) is 0 Å². The molecule has 152 valence electrons. The molecule has 0 fully saturated rings. The molecule has 0 saturated heterocycles. The number of carbonyl (C=O) groups is 1. The highest BCUT2D eigenvalue weighted by atomic mass is 35.5. The van der Waals surface area contributed by atoms with Gasteiger partial charge in [0.15, 0.2) is 0 Å². The van der Waals surface area contributed by atoms with Gasteiger partial charge in [-0.3, -0.25) is 4.48 Å². The van der Waals surface area contributed by atoms with Crippen LogP contribution in [0.5, 0.6) is 0 Å². The predicted octanol–water partition coefficient (Wildman–Crippen LogP) is 3.87. The van der Waals surface area contributed by atoms with Crippen molar-refractivity contribution in [1.82, 2.24) is 0 Å². The highest BCUT2D eigenvalue weighted by molar-refractivity contribution is 5.68. The zero-order valence-corrected chi connectivity index (χ0v) is 18.5. The minimum Gasteiger partial charge on any atom is -1.00 e. The van der Waals surface area contributed by atoms with Gasteiger partial charge in [0.1, 0.15) is 0 Å². The minimum atomic E-state index is 0. The Hall–Kier alpha value is -0.0800. The summed E-state index contributed by atoms with van der Waals surface area (Å²) in [7, 11) is 4.04. The molecule has 0 aliphatic rings. The fourth-order valence-electron chi connectivity index (χ4n) is 3.13. The molecular weight excluding hydrogens is 330 g/mol. The van der Waals surface area contributed by atoms with Crippen molar-refractivity contribution >= 4 is 5.91 Å². The normalized spacial score (nSPS) is 11.4. The van der Waals surface area contributed by atoms with Gasteiger partial charge in [-0.1, -0.05) is 96.8 Å². The molecule has 0 saturated carbocycles. The van der Waals surface area contributed by atoms with Crippen LogP contribution in [0.1, 0.15) is 117 Å². The first kappa shape index (κ1) is 27.1. The fraction of sp³-hybridized carbons (Fsp3) is 0.955. The summed E-state index contributed by atoms with van der Waals surface area (Å²) in [6, 6.07) is 0. The van der Waals surface area contributed by atoms with E-state index in [4.69, 9.17) is 0 Å². The number of quaternary nitrogens is 1. The van der Waals surface area contributed by atoms with Gasteiger partial charge in [0.05, 0.1) is 27.1 Å². The number of halogens is 1. The van der Waals surface area contributed by atoms with E-state index in [0.717, 1.165) is 19.4 Å². The maximum absolute atomic E-state index is 12.0. The molecule has 0 rings (SSSR count). The first-order valence-corrected chi connectivity index (χ1v) is 10.9. The summed E-state index contributed by atoms with van der Waals surface area (Å²) in [6.07, 6.45) is 21.4. The molecule has 1 amide bonds. The summed E-state index contributed by atoms with van der Waals surface area (Å²) in [6.45, 7) is 5.27. The summed E-state index contributed by atoms with van der Waals surface area (Å²) in [5.74, 6) is 0.396. The van der Waals surface area contributed by atoms with Crippen LogP contribution in [0.25, 0.3) is 0 Å². The van der Waals surface area contributed by atoms with Gasteiger partial charge in [0.25, 0.3) is 0 Å². The van der Waals surface area contributed by atoms with Gasteiger partial charge < -0.3 is 12.4 Å². The standard InChI is InChI=1S/C22H46NO.ClH/c1-5-7-8-9-10-11-12-13-14-15-16-17-18-19-20-21-22(24)23(3,4)6-2;/h5-21H2,1-4H3;1H/q+1;/p-1. The molecule has 0 aromatic heterocycles. The zero-order valence-electron chi connectivity index (χ0n) is 17.8. The van der Waals surface area contributed by atoms with E-state index in [1.165, 1.54) is 89.9 Å². The zero-order chi connectivity index (χ0) is 18.1. The molecule has 0 unspecified atom stereocenters. The van der Waals surface area contributed by atoms with E-state index in [0.29, 0.717) is 10.4 Å². The maximum Gasteiger partial charge on any atom is 0.313 e. The average molecular weight is 376 g/mol. The molecule has 0 N–H and O–H groups in total. The van der Waals surface area contributed by atoms with Gasteiger partial charge >= 0.3 is 5.91 Å². The molecule has 0 aliphatic heterocycles. The van der Waals surface area contributed by atoms with Crippen molar-refractivity contribution in [1.29, 1.82) is 0 Å².